The highest BCUT2D eigenvalue weighted by Gasteiger charge is 2.10. The number of pyridine rings is 1. The smallest absolute Gasteiger partial charge is 0.335 e. The molecule has 4 heteroatoms. The summed E-state index contributed by atoms with van der Waals surface area (Å²) in [6.07, 6.45) is 2.65. The van der Waals surface area contributed by atoms with Crippen molar-refractivity contribution in [1.29, 1.82) is 0 Å². The van der Waals surface area contributed by atoms with Gasteiger partial charge in [-0.05, 0) is 37.6 Å². The summed E-state index contributed by atoms with van der Waals surface area (Å²) in [5, 5.41) is 9.74. The van der Waals surface area contributed by atoms with Gasteiger partial charge in [0.25, 0.3) is 0 Å². The summed E-state index contributed by atoms with van der Waals surface area (Å²) in [6.45, 7) is 4.02. The largest absolute Gasteiger partial charge is 0.490 e. The van der Waals surface area contributed by atoms with E-state index in [2.05, 4.69) is 4.98 Å². The molecule has 0 radical (unpaired) electrons. The second-order valence-electron chi connectivity index (χ2n) is 4.18. The molecule has 0 spiro atoms. The molecular weight excluding hydrogens is 230 g/mol. The number of nitrogens with zero attached hydrogens (tertiary/aromatic N) is 1. The molecule has 4 nitrogen and oxygen atoms in total. The van der Waals surface area contributed by atoms with Crippen LogP contribution in [0.25, 0.3) is 10.9 Å². The first-order valence-electron chi connectivity index (χ1n) is 5.90. The van der Waals surface area contributed by atoms with E-state index in [1.54, 1.807) is 30.5 Å². The van der Waals surface area contributed by atoms with Crippen LogP contribution in [-0.2, 0) is 0 Å². The Morgan fingerprint density at radius 3 is 2.89 bits per heavy atom. The molecule has 1 N–H and O–H groups in total. The normalized spacial score (nSPS) is 12.3. The van der Waals surface area contributed by atoms with Crippen molar-refractivity contribution in [3.05, 3.63) is 36.0 Å². The predicted octanol–water partition coefficient (Wildman–Crippen LogP) is 3.11. The maximum absolute atomic E-state index is 11.0. The average Bonchev–Trinajstić information content (AvgIpc) is 2.38. The molecule has 0 fully saturated rings. The van der Waals surface area contributed by atoms with Gasteiger partial charge in [-0.25, -0.2) is 4.79 Å². The molecule has 1 aromatic carbocycles. The van der Waals surface area contributed by atoms with Gasteiger partial charge in [-0.3, -0.25) is 4.98 Å². The fourth-order valence-corrected chi connectivity index (χ4v) is 1.66. The second-order valence-corrected chi connectivity index (χ2v) is 4.18. The molecule has 1 atom stereocenters. The summed E-state index contributed by atoms with van der Waals surface area (Å²) in [4.78, 5) is 15.2. The molecule has 18 heavy (non-hydrogen) atoms. The molecule has 0 saturated heterocycles. The fraction of sp³-hybridized carbons (Fsp3) is 0.286. The first kappa shape index (κ1) is 12.4. The van der Waals surface area contributed by atoms with Crippen LogP contribution in [0.15, 0.2) is 30.5 Å². The Labute approximate surface area is 105 Å². The molecule has 0 aliphatic heterocycles. The minimum atomic E-state index is -0.949. The van der Waals surface area contributed by atoms with Gasteiger partial charge < -0.3 is 9.84 Å². The highest BCUT2D eigenvalue weighted by Crippen LogP contribution is 2.26. The SMILES string of the molecule is CCC(C)Oc1ccnc2ccc(C(=O)O)cc12. The van der Waals surface area contributed by atoms with E-state index in [1.807, 2.05) is 13.8 Å². The van der Waals surface area contributed by atoms with Crippen molar-refractivity contribution in [3.63, 3.8) is 0 Å². The zero-order chi connectivity index (χ0) is 13.1. The average molecular weight is 245 g/mol. The van der Waals surface area contributed by atoms with Crippen molar-refractivity contribution in [2.45, 2.75) is 26.4 Å². The Morgan fingerprint density at radius 2 is 2.22 bits per heavy atom. The maximum atomic E-state index is 11.0. The third-order valence-electron chi connectivity index (χ3n) is 2.85. The molecule has 0 aliphatic carbocycles. The lowest BCUT2D eigenvalue weighted by Gasteiger charge is -2.14. The molecule has 2 rings (SSSR count). The fourth-order valence-electron chi connectivity index (χ4n) is 1.66. The van der Waals surface area contributed by atoms with E-state index in [9.17, 15) is 4.79 Å². The Balaban J connectivity index is 2.51. The standard InChI is InChI=1S/C14H15NO3/c1-3-9(2)18-13-6-7-15-12-5-4-10(14(16)17)8-11(12)13/h4-9H,3H2,1-2H3,(H,16,17). The number of benzene rings is 1. The second kappa shape index (κ2) is 5.04. The third-order valence-corrected chi connectivity index (χ3v) is 2.85. The van der Waals surface area contributed by atoms with Crippen LogP contribution in [-0.4, -0.2) is 22.2 Å². The summed E-state index contributed by atoms with van der Waals surface area (Å²) in [6, 6.07) is 6.61. The number of ether oxygens (including phenoxy) is 1. The van der Waals surface area contributed by atoms with Crippen LogP contribution in [0.4, 0.5) is 0 Å². The molecule has 1 aromatic heterocycles. The molecule has 1 heterocycles. The van der Waals surface area contributed by atoms with Gasteiger partial charge in [0.2, 0.25) is 0 Å². The summed E-state index contributed by atoms with van der Waals surface area (Å²) < 4.78 is 5.78. The van der Waals surface area contributed by atoms with Gasteiger partial charge in [-0.1, -0.05) is 6.92 Å². The molecule has 0 aliphatic rings. The van der Waals surface area contributed by atoms with Crippen LogP contribution in [0.2, 0.25) is 0 Å². The van der Waals surface area contributed by atoms with Gasteiger partial charge >= 0.3 is 5.97 Å². The van der Waals surface area contributed by atoms with Gasteiger partial charge in [0.05, 0.1) is 17.2 Å². The highest BCUT2D eigenvalue weighted by molar-refractivity contribution is 5.95. The van der Waals surface area contributed by atoms with Crippen molar-refractivity contribution in [2.75, 3.05) is 0 Å². The minimum Gasteiger partial charge on any atom is -0.490 e. The monoisotopic (exact) mass is 245 g/mol. The number of hydrogen-bond donors (Lipinski definition) is 1. The van der Waals surface area contributed by atoms with Crippen LogP contribution in [0.5, 0.6) is 5.75 Å². The number of carboxylic acid groups (broad SMARTS) is 1. The molecule has 94 valence electrons. The number of carboxylic acids is 1. The first-order valence-corrected chi connectivity index (χ1v) is 5.90. The number of fused-ring (bicyclic) bond motifs is 1. The van der Waals surface area contributed by atoms with E-state index in [0.717, 1.165) is 17.3 Å². The van der Waals surface area contributed by atoms with Gasteiger partial charge in [-0.2, -0.15) is 0 Å². The van der Waals surface area contributed by atoms with E-state index >= 15 is 0 Å². The van der Waals surface area contributed by atoms with Crippen LogP contribution >= 0.6 is 0 Å². The third kappa shape index (κ3) is 2.42. The molecule has 2 aromatic rings. The summed E-state index contributed by atoms with van der Waals surface area (Å²) >= 11 is 0. The van der Waals surface area contributed by atoms with E-state index in [4.69, 9.17) is 9.84 Å². The van der Waals surface area contributed by atoms with Gasteiger partial charge in [-0.15, -0.1) is 0 Å². The Bertz CT molecular complexity index is 580. The van der Waals surface area contributed by atoms with Crippen molar-refractivity contribution in [1.82, 2.24) is 4.98 Å². The van der Waals surface area contributed by atoms with E-state index in [1.165, 1.54) is 0 Å². The minimum absolute atomic E-state index is 0.0871. The van der Waals surface area contributed by atoms with Gasteiger partial charge in [0, 0.05) is 11.6 Å². The quantitative estimate of drug-likeness (QED) is 0.899. The van der Waals surface area contributed by atoms with Crippen LogP contribution < -0.4 is 4.74 Å². The van der Waals surface area contributed by atoms with Crippen LogP contribution in [0.3, 0.4) is 0 Å². The van der Waals surface area contributed by atoms with E-state index in [0.29, 0.717) is 5.75 Å². The van der Waals surface area contributed by atoms with Crippen molar-refractivity contribution >= 4 is 16.9 Å². The van der Waals surface area contributed by atoms with Crippen LogP contribution in [0.1, 0.15) is 30.6 Å². The number of hydrogen-bond acceptors (Lipinski definition) is 3. The number of rotatable bonds is 4. The molecule has 0 bridgehead atoms. The lowest BCUT2D eigenvalue weighted by atomic mass is 10.1. The summed E-state index contributed by atoms with van der Waals surface area (Å²) in [7, 11) is 0. The molecule has 1 unspecified atom stereocenters. The maximum Gasteiger partial charge on any atom is 0.335 e. The molecule has 0 amide bonds. The van der Waals surface area contributed by atoms with Crippen molar-refractivity contribution in [3.8, 4) is 5.75 Å². The molecule has 0 saturated carbocycles. The summed E-state index contributed by atoms with van der Waals surface area (Å²) in [5.41, 5.74) is 0.977. The predicted molar refractivity (Wildman–Crippen MR) is 69.1 cm³/mol. The number of aromatic nitrogens is 1. The Hall–Kier alpha value is -2.10. The first-order chi connectivity index (χ1) is 8.61. The number of carbonyl (C=O) groups is 1. The molecular formula is C14H15NO3. The van der Waals surface area contributed by atoms with Gasteiger partial charge in [0.1, 0.15) is 5.75 Å². The summed E-state index contributed by atoms with van der Waals surface area (Å²) in [5.74, 6) is -0.271. The number of aromatic carboxylic acids is 1. The lowest BCUT2D eigenvalue weighted by Crippen LogP contribution is -2.10. The van der Waals surface area contributed by atoms with Crippen molar-refractivity contribution < 1.29 is 14.6 Å². The van der Waals surface area contributed by atoms with E-state index in [-0.39, 0.29) is 11.7 Å². The topological polar surface area (TPSA) is 59.4 Å². The highest BCUT2D eigenvalue weighted by atomic mass is 16.5. The lowest BCUT2D eigenvalue weighted by molar-refractivity contribution is 0.0697. The van der Waals surface area contributed by atoms with E-state index < -0.39 is 5.97 Å². The van der Waals surface area contributed by atoms with Crippen molar-refractivity contribution in [2.24, 2.45) is 0 Å². The zero-order valence-corrected chi connectivity index (χ0v) is 10.4. The van der Waals surface area contributed by atoms with Crippen LogP contribution in [0, 0.1) is 0 Å². The Morgan fingerprint density at radius 1 is 1.44 bits per heavy atom. The zero-order valence-electron chi connectivity index (χ0n) is 10.4. The Kier molecular flexibility index (Phi) is 3.46. The van der Waals surface area contributed by atoms with Gasteiger partial charge in [0.15, 0.2) is 0 Å².